The summed E-state index contributed by atoms with van der Waals surface area (Å²) in [4.78, 5) is 0. The van der Waals surface area contributed by atoms with Gasteiger partial charge in [0.2, 0.25) is 0 Å². The Bertz CT molecular complexity index is 324. The number of rotatable bonds is 6. The number of nitrogens with one attached hydrogen (secondary N) is 1. The molecule has 2 N–H and O–H groups in total. The summed E-state index contributed by atoms with van der Waals surface area (Å²) in [5, 5.41) is 11.8. The minimum absolute atomic E-state index is 0.0612. The summed E-state index contributed by atoms with van der Waals surface area (Å²) in [6.45, 7) is 1.70. The van der Waals surface area contributed by atoms with Crippen molar-refractivity contribution in [2.45, 2.75) is 0 Å². The minimum Gasteiger partial charge on any atom is -0.394 e. The van der Waals surface area contributed by atoms with E-state index in [-0.39, 0.29) is 6.61 Å². The third-order valence-corrected chi connectivity index (χ3v) is 3.50. The van der Waals surface area contributed by atoms with Gasteiger partial charge in [0.1, 0.15) is 0 Å². The minimum atomic E-state index is 0.0612. The normalized spacial score (nSPS) is 10.5. The summed E-state index contributed by atoms with van der Waals surface area (Å²) in [6, 6.07) is 3.95. The van der Waals surface area contributed by atoms with Gasteiger partial charge in [-0.3, -0.25) is 0 Å². The summed E-state index contributed by atoms with van der Waals surface area (Å²) in [5.74, 6) is 0. The lowest BCUT2D eigenvalue weighted by Crippen LogP contribution is -2.11. The topological polar surface area (TPSA) is 41.5 Å². The third-order valence-electron chi connectivity index (χ3n) is 1.79. The van der Waals surface area contributed by atoms with Crippen molar-refractivity contribution in [3.8, 4) is 0 Å². The van der Waals surface area contributed by atoms with Crippen LogP contribution in [0.3, 0.4) is 0 Å². The van der Waals surface area contributed by atoms with Gasteiger partial charge in [0.25, 0.3) is 0 Å². The number of halogens is 3. The molecule has 3 nitrogen and oxygen atoms in total. The molecule has 0 aliphatic rings. The molecule has 1 aromatic rings. The molecule has 0 amide bonds. The maximum atomic E-state index is 8.54. The molecule has 6 heteroatoms. The molecule has 0 spiro atoms. The van der Waals surface area contributed by atoms with Gasteiger partial charge in [-0.1, -0.05) is 15.9 Å². The molecule has 0 unspecified atom stereocenters. The Balaban J connectivity index is 2.47. The Hall–Kier alpha value is 0.380. The van der Waals surface area contributed by atoms with Crippen LogP contribution in [-0.2, 0) is 4.74 Å². The van der Waals surface area contributed by atoms with E-state index in [4.69, 9.17) is 9.84 Å². The molecular weight excluding hydrogens is 406 g/mol. The Morgan fingerprint density at radius 1 is 1.12 bits per heavy atom. The average Bonchev–Trinajstić information content (AvgIpc) is 2.20. The van der Waals surface area contributed by atoms with Crippen LogP contribution in [0.1, 0.15) is 0 Å². The molecule has 0 aliphatic heterocycles. The van der Waals surface area contributed by atoms with Gasteiger partial charge < -0.3 is 15.2 Å². The number of aliphatic hydroxyl groups excluding tert-OH is 1. The van der Waals surface area contributed by atoms with Crippen LogP contribution in [-0.4, -0.2) is 31.5 Å². The monoisotopic (exact) mass is 415 g/mol. The average molecular weight is 418 g/mol. The fraction of sp³-hybridized carbons (Fsp3) is 0.400. The summed E-state index contributed by atoms with van der Waals surface area (Å²) in [6.07, 6.45) is 0. The number of hydrogen-bond acceptors (Lipinski definition) is 3. The molecule has 0 aromatic heterocycles. The van der Waals surface area contributed by atoms with Crippen molar-refractivity contribution in [3.05, 3.63) is 25.6 Å². The smallest absolute Gasteiger partial charge is 0.0698 e. The lowest BCUT2D eigenvalue weighted by molar-refractivity contribution is 0.0992. The fourth-order valence-corrected chi connectivity index (χ4v) is 3.66. The number of benzene rings is 1. The van der Waals surface area contributed by atoms with Gasteiger partial charge in [-0.05, 0) is 44.0 Å². The molecule has 1 aromatic carbocycles. The Kier molecular flexibility index (Phi) is 6.91. The molecule has 0 atom stereocenters. The highest BCUT2D eigenvalue weighted by molar-refractivity contribution is 9.11. The standard InChI is InChI=1S/C10H12Br3NO2/c11-7-5-8(12)10(9(13)6-7)14-1-3-16-4-2-15/h5-6,14-15H,1-4H2. The quantitative estimate of drug-likeness (QED) is 0.697. The van der Waals surface area contributed by atoms with Crippen LogP contribution in [0.4, 0.5) is 5.69 Å². The first-order valence-corrected chi connectivity index (χ1v) is 7.10. The van der Waals surface area contributed by atoms with Crippen molar-refractivity contribution in [2.24, 2.45) is 0 Å². The summed E-state index contributed by atoms with van der Waals surface area (Å²) in [5.41, 5.74) is 0.996. The molecule has 0 bridgehead atoms. The molecule has 0 saturated carbocycles. The summed E-state index contributed by atoms with van der Waals surface area (Å²) < 4.78 is 8.13. The van der Waals surface area contributed by atoms with Gasteiger partial charge in [0.15, 0.2) is 0 Å². The molecule has 0 fully saturated rings. The first kappa shape index (κ1) is 14.4. The van der Waals surface area contributed by atoms with E-state index in [0.29, 0.717) is 19.8 Å². The van der Waals surface area contributed by atoms with Crippen molar-refractivity contribution in [2.75, 3.05) is 31.7 Å². The zero-order valence-corrected chi connectivity index (χ0v) is 13.2. The van der Waals surface area contributed by atoms with E-state index in [0.717, 1.165) is 19.1 Å². The van der Waals surface area contributed by atoms with Crippen LogP contribution in [0.15, 0.2) is 25.6 Å². The zero-order chi connectivity index (χ0) is 12.0. The van der Waals surface area contributed by atoms with E-state index in [1.807, 2.05) is 12.1 Å². The van der Waals surface area contributed by atoms with Crippen LogP contribution >= 0.6 is 47.8 Å². The van der Waals surface area contributed by atoms with Gasteiger partial charge in [-0.25, -0.2) is 0 Å². The first-order chi connectivity index (χ1) is 7.65. The second-order valence-electron chi connectivity index (χ2n) is 3.01. The van der Waals surface area contributed by atoms with Crippen molar-refractivity contribution in [1.82, 2.24) is 0 Å². The predicted octanol–water partition coefficient (Wildman–Crippen LogP) is 3.39. The van der Waals surface area contributed by atoms with Gasteiger partial charge in [-0.2, -0.15) is 0 Å². The largest absolute Gasteiger partial charge is 0.394 e. The number of aliphatic hydroxyl groups is 1. The predicted molar refractivity (Wildman–Crippen MR) is 75.9 cm³/mol. The van der Waals surface area contributed by atoms with Crippen LogP contribution in [0.25, 0.3) is 0 Å². The first-order valence-electron chi connectivity index (χ1n) is 4.72. The molecule has 90 valence electrons. The highest BCUT2D eigenvalue weighted by Crippen LogP contribution is 2.34. The Morgan fingerprint density at radius 3 is 2.31 bits per heavy atom. The molecule has 0 radical (unpaired) electrons. The maximum Gasteiger partial charge on any atom is 0.0698 e. The van der Waals surface area contributed by atoms with Gasteiger partial charge in [0, 0.05) is 20.0 Å². The fourth-order valence-electron chi connectivity index (χ4n) is 1.13. The molecule has 0 aliphatic carbocycles. The van der Waals surface area contributed by atoms with Crippen LogP contribution < -0.4 is 5.32 Å². The number of ether oxygens (including phenoxy) is 1. The van der Waals surface area contributed by atoms with E-state index < -0.39 is 0 Å². The summed E-state index contributed by atoms with van der Waals surface area (Å²) >= 11 is 10.4. The second-order valence-corrected chi connectivity index (χ2v) is 5.63. The molecule has 16 heavy (non-hydrogen) atoms. The van der Waals surface area contributed by atoms with Crippen molar-refractivity contribution < 1.29 is 9.84 Å². The van der Waals surface area contributed by atoms with E-state index in [1.165, 1.54) is 0 Å². The molecule has 0 heterocycles. The SMILES string of the molecule is OCCOCCNc1c(Br)cc(Br)cc1Br. The lowest BCUT2D eigenvalue weighted by Gasteiger charge is -2.11. The Labute approximate surface area is 120 Å². The van der Waals surface area contributed by atoms with Gasteiger partial charge >= 0.3 is 0 Å². The number of hydrogen-bond donors (Lipinski definition) is 2. The maximum absolute atomic E-state index is 8.54. The van der Waals surface area contributed by atoms with E-state index in [9.17, 15) is 0 Å². The van der Waals surface area contributed by atoms with Crippen molar-refractivity contribution >= 4 is 53.5 Å². The van der Waals surface area contributed by atoms with Crippen molar-refractivity contribution in [3.63, 3.8) is 0 Å². The van der Waals surface area contributed by atoms with Crippen LogP contribution in [0.5, 0.6) is 0 Å². The highest BCUT2D eigenvalue weighted by atomic mass is 79.9. The van der Waals surface area contributed by atoms with Crippen LogP contribution in [0.2, 0.25) is 0 Å². The van der Waals surface area contributed by atoms with E-state index in [1.54, 1.807) is 0 Å². The highest BCUT2D eigenvalue weighted by Gasteiger charge is 2.05. The molecule has 0 saturated heterocycles. The molecule has 1 rings (SSSR count). The zero-order valence-electron chi connectivity index (χ0n) is 8.47. The number of anilines is 1. The van der Waals surface area contributed by atoms with E-state index in [2.05, 4.69) is 53.1 Å². The molecular formula is C10H12Br3NO2. The lowest BCUT2D eigenvalue weighted by atomic mass is 10.3. The van der Waals surface area contributed by atoms with Gasteiger partial charge in [0.05, 0.1) is 25.5 Å². The van der Waals surface area contributed by atoms with Gasteiger partial charge in [-0.15, -0.1) is 0 Å². The third kappa shape index (κ3) is 4.71. The Morgan fingerprint density at radius 2 is 1.75 bits per heavy atom. The van der Waals surface area contributed by atoms with E-state index >= 15 is 0 Å². The summed E-state index contributed by atoms with van der Waals surface area (Å²) in [7, 11) is 0. The van der Waals surface area contributed by atoms with Crippen LogP contribution in [0, 0.1) is 0 Å². The second kappa shape index (κ2) is 7.66. The van der Waals surface area contributed by atoms with Crippen molar-refractivity contribution in [1.29, 1.82) is 0 Å².